The van der Waals surface area contributed by atoms with Crippen molar-refractivity contribution in [2.75, 3.05) is 13.7 Å². The maximum atomic E-state index is 11.9. The van der Waals surface area contributed by atoms with E-state index in [4.69, 9.17) is 14.6 Å². The summed E-state index contributed by atoms with van der Waals surface area (Å²) in [5.41, 5.74) is 1.86. The van der Waals surface area contributed by atoms with Crippen molar-refractivity contribution in [1.29, 1.82) is 0 Å². The van der Waals surface area contributed by atoms with Gasteiger partial charge in [-0.05, 0) is 31.9 Å². The predicted molar refractivity (Wildman–Crippen MR) is 96.1 cm³/mol. The van der Waals surface area contributed by atoms with E-state index in [1.165, 1.54) is 17.7 Å². The molecule has 0 bridgehead atoms. The highest BCUT2D eigenvalue weighted by molar-refractivity contribution is 7.93. The summed E-state index contributed by atoms with van der Waals surface area (Å²) < 4.78 is 35.5. The van der Waals surface area contributed by atoms with Gasteiger partial charge in [0.2, 0.25) is 20.0 Å². The Hall–Kier alpha value is -2.08. The Morgan fingerprint density at radius 2 is 2.23 bits per heavy atom. The van der Waals surface area contributed by atoms with E-state index in [9.17, 15) is 13.2 Å². The number of imidazole rings is 1. The van der Waals surface area contributed by atoms with Crippen molar-refractivity contribution in [2.24, 2.45) is 5.14 Å². The molecule has 2 aromatic heterocycles. The van der Waals surface area contributed by atoms with Gasteiger partial charge in [0.1, 0.15) is 0 Å². The summed E-state index contributed by atoms with van der Waals surface area (Å²) in [6, 6.07) is 0. The second-order valence-electron chi connectivity index (χ2n) is 5.58. The number of carbonyl (C=O) groups is 1. The third kappa shape index (κ3) is 3.30. The van der Waals surface area contributed by atoms with Gasteiger partial charge in [0, 0.05) is 7.11 Å². The topological polar surface area (TPSA) is 126 Å². The quantitative estimate of drug-likeness (QED) is 0.751. The van der Waals surface area contributed by atoms with Gasteiger partial charge in [0.15, 0.2) is 0 Å². The van der Waals surface area contributed by atoms with Gasteiger partial charge in [-0.25, -0.2) is 27.9 Å². The van der Waals surface area contributed by atoms with Crippen molar-refractivity contribution in [2.45, 2.75) is 26.4 Å². The van der Waals surface area contributed by atoms with Crippen molar-refractivity contribution >= 4 is 37.9 Å². The lowest BCUT2D eigenvalue weighted by molar-refractivity contribution is 0.0524. The molecule has 0 radical (unpaired) electrons. The number of carbonyl (C=O) groups excluding carboxylic acids is 1. The molecule has 140 valence electrons. The van der Waals surface area contributed by atoms with Gasteiger partial charge in [0.05, 0.1) is 29.0 Å². The average Bonchev–Trinajstić information content (AvgIpc) is 3.10. The average molecular weight is 398 g/mol. The Kier molecular flexibility index (Phi) is 4.97. The molecule has 0 saturated carbocycles. The Morgan fingerprint density at radius 3 is 2.85 bits per heavy atom. The summed E-state index contributed by atoms with van der Waals surface area (Å²) in [5, 5.41) is 9.77. The second-order valence-corrected chi connectivity index (χ2v) is 8.10. The minimum atomic E-state index is -3.92. The van der Waals surface area contributed by atoms with Crippen molar-refractivity contribution in [3.05, 3.63) is 33.5 Å². The van der Waals surface area contributed by atoms with Gasteiger partial charge in [-0.15, -0.1) is 5.10 Å². The lowest BCUT2D eigenvalue weighted by Gasteiger charge is -2.21. The number of nitrogens with zero attached hydrogens (tertiary/aromatic N) is 3. The van der Waals surface area contributed by atoms with Crippen molar-refractivity contribution in [3.8, 4) is 0 Å². The number of hydrogen-bond acceptors (Lipinski definition) is 8. The number of aromatic nitrogens is 3. The number of hydrogen-bond donors (Lipinski definition) is 1. The number of methoxy groups -OCH3 is 1. The number of allylic oxidation sites excluding steroid dienone is 2. The van der Waals surface area contributed by atoms with Crippen LogP contribution in [0.3, 0.4) is 0 Å². The Balaban J connectivity index is 2.10. The molecule has 0 aromatic carbocycles. The van der Waals surface area contributed by atoms with E-state index in [0.717, 1.165) is 11.3 Å². The molecule has 0 aliphatic heterocycles. The van der Waals surface area contributed by atoms with Crippen LogP contribution in [0.1, 0.15) is 34.5 Å². The summed E-state index contributed by atoms with van der Waals surface area (Å²) in [6.45, 7) is 3.75. The van der Waals surface area contributed by atoms with Crippen LogP contribution in [-0.2, 0) is 19.5 Å². The standard InChI is InChI=1S/C15H18N4O5S2/c1-4-24-14(20)13-18-19-12(8(2)17-15(19)25-13)9-5-6-10(23-3)11(7-9)26(16,21)22/h5,7,10H,4,6H2,1-3H3,(H2,16,21,22). The normalized spacial score (nSPS) is 17.9. The lowest BCUT2D eigenvalue weighted by Crippen LogP contribution is -2.27. The molecule has 11 heteroatoms. The SMILES string of the molecule is CCOC(=O)c1nn2c(C3=CCC(OC)C(S(N)(=O)=O)=C3)c(C)nc2s1. The molecule has 2 heterocycles. The second kappa shape index (κ2) is 6.91. The van der Waals surface area contributed by atoms with Crippen LogP contribution in [0, 0.1) is 6.92 Å². The minimum Gasteiger partial charge on any atom is -0.461 e. The van der Waals surface area contributed by atoms with E-state index in [1.807, 2.05) is 6.08 Å². The maximum absolute atomic E-state index is 11.9. The number of esters is 1. The molecule has 9 nitrogen and oxygen atoms in total. The third-order valence-corrected chi connectivity index (χ3v) is 5.81. The number of fused-ring (bicyclic) bond motifs is 1. The molecule has 0 fully saturated rings. The fraction of sp³-hybridized carbons (Fsp3) is 0.400. The number of ether oxygens (including phenoxy) is 2. The molecule has 1 unspecified atom stereocenters. The number of aryl methyl sites for hydroxylation is 1. The van der Waals surface area contributed by atoms with E-state index >= 15 is 0 Å². The van der Waals surface area contributed by atoms with Gasteiger partial charge in [0.25, 0.3) is 0 Å². The molecule has 1 aliphatic carbocycles. The number of nitrogens with two attached hydrogens (primary N) is 1. The first kappa shape index (κ1) is 18.7. The first-order valence-corrected chi connectivity index (χ1v) is 10.1. The van der Waals surface area contributed by atoms with Crippen molar-refractivity contribution in [1.82, 2.24) is 14.6 Å². The van der Waals surface area contributed by atoms with Crippen LogP contribution < -0.4 is 5.14 Å². The summed E-state index contributed by atoms with van der Waals surface area (Å²) in [5.74, 6) is -0.524. The first-order valence-electron chi connectivity index (χ1n) is 7.77. The molecular weight excluding hydrogens is 380 g/mol. The molecule has 0 spiro atoms. The van der Waals surface area contributed by atoms with E-state index < -0.39 is 22.1 Å². The summed E-state index contributed by atoms with van der Waals surface area (Å²) in [7, 11) is -2.49. The Bertz CT molecular complexity index is 1030. The van der Waals surface area contributed by atoms with Crippen LogP contribution in [0.15, 0.2) is 17.1 Å². The first-order chi connectivity index (χ1) is 12.3. The van der Waals surface area contributed by atoms with Crippen LogP contribution in [0.4, 0.5) is 0 Å². The molecule has 1 atom stereocenters. The molecular formula is C15H18N4O5S2. The molecule has 0 amide bonds. The zero-order valence-corrected chi connectivity index (χ0v) is 16.1. The number of rotatable bonds is 5. The van der Waals surface area contributed by atoms with Crippen molar-refractivity contribution < 1.29 is 22.7 Å². The maximum Gasteiger partial charge on any atom is 0.369 e. The molecule has 2 aromatic rings. The highest BCUT2D eigenvalue weighted by Gasteiger charge is 2.28. The van der Waals surface area contributed by atoms with Gasteiger partial charge < -0.3 is 9.47 Å². The minimum absolute atomic E-state index is 0.00676. The summed E-state index contributed by atoms with van der Waals surface area (Å²) in [6.07, 6.45) is 3.01. The zero-order chi connectivity index (χ0) is 19.1. The largest absolute Gasteiger partial charge is 0.461 e. The summed E-state index contributed by atoms with van der Waals surface area (Å²) in [4.78, 5) is 16.8. The van der Waals surface area contributed by atoms with E-state index in [0.29, 0.717) is 28.3 Å². The van der Waals surface area contributed by atoms with Crippen LogP contribution in [0.5, 0.6) is 0 Å². The van der Waals surface area contributed by atoms with Gasteiger partial charge in [-0.3, -0.25) is 0 Å². The predicted octanol–water partition coefficient (Wildman–Crippen LogP) is 1.25. The summed E-state index contributed by atoms with van der Waals surface area (Å²) >= 11 is 1.11. The molecule has 3 rings (SSSR count). The van der Waals surface area contributed by atoms with E-state index in [2.05, 4.69) is 10.1 Å². The van der Waals surface area contributed by atoms with Gasteiger partial charge >= 0.3 is 5.97 Å². The third-order valence-electron chi connectivity index (χ3n) is 3.88. The Morgan fingerprint density at radius 1 is 1.50 bits per heavy atom. The van der Waals surface area contributed by atoms with Crippen LogP contribution in [-0.4, -0.2) is 48.8 Å². The van der Waals surface area contributed by atoms with E-state index in [-0.39, 0.29) is 16.5 Å². The Labute approximate surface area is 154 Å². The molecule has 2 N–H and O–H groups in total. The van der Waals surface area contributed by atoms with Gasteiger partial charge in [-0.2, -0.15) is 0 Å². The van der Waals surface area contributed by atoms with Crippen molar-refractivity contribution in [3.63, 3.8) is 0 Å². The fourth-order valence-corrected chi connectivity index (χ4v) is 4.44. The van der Waals surface area contributed by atoms with Crippen LogP contribution in [0.25, 0.3) is 10.5 Å². The molecule has 26 heavy (non-hydrogen) atoms. The number of primary sulfonamides is 1. The van der Waals surface area contributed by atoms with Crippen LogP contribution in [0.2, 0.25) is 0 Å². The molecule has 1 aliphatic rings. The van der Waals surface area contributed by atoms with E-state index in [1.54, 1.807) is 13.8 Å². The lowest BCUT2D eigenvalue weighted by atomic mass is 10.0. The highest BCUT2D eigenvalue weighted by Crippen LogP contribution is 2.32. The van der Waals surface area contributed by atoms with Crippen LogP contribution >= 0.6 is 11.3 Å². The molecule has 0 saturated heterocycles. The smallest absolute Gasteiger partial charge is 0.369 e. The fourth-order valence-electron chi connectivity index (χ4n) is 2.75. The van der Waals surface area contributed by atoms with Gasteiger partial charge in [-0.1, -0.05) is 17.4 Å². The highest BCUT2D eigenvalue weighted by atomic mass is 32.2. The zero-order valence-electron chi connectivity index (χ0n) is 14.4. The number of sulfonamides is 1. The monoisotopic (exact) mass is 398 g/mol.